The summed E-state index contributed by atoms with van der Waals surface area (Å²) >= 11 is 3.42. The Labute approximate surface area is 129 Å². The molecule has 0 saturated carbocycles. The molecule has 6 heteroatoms. The summed E-state index contributed by atoms with van der Waals surface area (Å²) in [5.41, 5.74) is 8.46. The zero-order valence-electron chi connectivity index (χ0n) is 11.1. The lowest BCUT2D eigenvalue weighted by atomic mass is 10.1. The number of aromatic nitrogens is 2. The second-order valence-electron chi connectivity index (χ2n) is 4.71. The van der Waals surface area contributed by atoms with Gasteiger partial charge in [0.2, 0.25) is 0 Å². The molecule has 3 N–H and O–H groups in total. The third-order valence-electron chi connectivity index (χ3n) is 3.29. The highest BCUT2D eigenvalue weighted by molar-refractivity contribution is 9.10. The van der Waals surface area contributed by atoms with E-state index >= 15 is 0 Å². The van der Waals surface area contributed by atoms with Gasteiger partial charge in [-0.2, -0.15) is 0 Å². The van der Waals surface area contributed by atoms with Crippen LogP contribution in [0.3, 0.4) is 0 Å². The van der Waals surface area contributed by atoms with Crippen molar-refractivity contribution < 1.29 is 5.21 Å². The average Bonchev–Trinajstić information content (AvgIpc) is 2.89. The van der Waals surface area contributed by atoms with E-state index in [9.17, 15) is 0 Å². The van der Waals surface area contributed by atoms with E-state index in [0.717, 1.165) is 20.9 Å². The number of hydrogen-bond acceptors (Lipinski definition) is 3. The lowest BCUT2D eigenvalue weighted by Crippen LogP contribution is -2.13. The number of hydrogen-bond donors (Lipinski definition) is 2. The maximum absolute atomic E-state index is 8.79. The van der Waals surface area contributed by atoms with Crippen LogP contribution < -0.4 is 5.73 Å². The molecule has 0 aliphatic rings. The molecule has 3 rings (SSSR count). The Hall–Kier alpha value is -2.34. The second kappa shape index (κ2) is 5.57. The van der Waals surface area contributed by atoms with Crippen LogP contribution >= 0.6 is 15.9 Å². The van der Waals surface area contributed by atoms with Crippen molar-refractivity contribution in [2.75, 3.05) is 0 Å². The van der Waals surface area contributed by atoms with Crippen molar-refractivity contribution in [1.29, 1.82) is 0 Å². The fraction of sp³-hybridized carbons (Fsp3) is 0.0667. The molecule has 0 unspecified atom stereocenters. The third kappa shape index (κ3) is 2.75. The zero-order chi connectivity index (χ0) is 14.8. The van der Waals surface area contributed by atoms with Gasteiger partial charge in [0.15, 0.2) is 5.84 Å². The van der Waals surface area contributed by atoms with Crippen LogP contribution in [0.25, 0.3) is 10.9 Å². The lowest BCUT2D eigenvalue weighted by Gasteiger charge is -2.07. The summed E-state index contributed by atoms with van der Waals surface area (Å²) in [6, 6.07) is 9.78. The summed E-state index contributed by atoms with van der Waals surface area (Å²) in [7, 11) is 0. The fourth-order valence-electron chi connectivity index (χ4n) is 2.28. The zero-order valence-corrected chi connectivity index (χ0v) is 12.7. The van der Waals surface area contributed by atoms with Crippen molar-refractivity contribution in [3.05, 3.63) is 64.5 Å². The minimum atomic E-state index is 0.105. The maximum atomic E-state index is 8.79. The quantitative estimate of drug-likeness (QED) is 0.332. The third-order valence-corrected chi connectivity index (χ3v) is 3.73. The van der Waals surface area contributed by atoms with Gasteiger partial charge >= 0.3 is 0 Å². The van der Waals surface area contributed by atoms with E-state index in [-0.39, 0.29) is 5.84 Å². The summed E-state index contributed by atoms with van der Waals surface area (Å²) in [5, 5.41) is 12.9. The monoisotopic (exact) mass is 344 g/mol. The smallest absolute Gasteiger partial charge is 0.170 e. The van der Waals surface area contributed by atoms with Crippen molar-refractivity contribution in [2.45, 2.75) is 6.54 Å². The first-order valence-corrected chi connectivity index (χ1v) is 7.13. The molecule has 0 aliphatic carbocycles. The number of nitrogens with two attached hydrogens (primary N) is 1. The predicted octanol–water partition coefficient (Wildman–Crippen LogP) is 2.94. The first-order valence-electron chi connectivity index (χ1n) is 6.33. The number of amidine groups is 1. The highest BCUT2D eigenvalue weighted by Gasteiger charge is 2.06. The van der Waals surface area contributed by atoms with E-state index in [2.05, 4.69) is 30.6 Å². The first-order chi connectivity index (χ1) is 10.2. The predicted molar refractivity (Wildman–Crippen MR) is 85.5 cm³/mol. The Morgan fingerprint density at radius 3 is 2.90 bits per heavy atom. The first kappa shape index (κ1) is 13.6. The van der Waals surface area contributed by atoms with Gasteiger partial charge in [-0.25, -0.2) is 0 Å². The summed E-state index contributed by atoms with van der Waals surface area (Å²) in [4.78, 5) is 4.17. The summed E-state index contributed by atoms with van der Waals surface area (Å²) in [5.74, 6) is 0.105. The van der Waals surface area contributed by atoms with E-state index in [1.54, 1.807) is 6.20 Å². The van der Waals surface area contributed by atoms with Gasteiger partial charge in [0, 0.05) is 40.7 Å². The standard InChI is InChI=1S/C15H13BrN4O/c16-13-5-10(7-18-8-13)9-20-4-3-11-1-2-12(6-14(11)20)15(17)19-21/h1-8,21H,9H2,(H2,17,19). The number of pyridine rings is 1. The van der Waals surface area contributed by atoms with Crippen molar-refractivity contribution in [2.24, 2.45) is 10.9 Å². The number of halogens is 1. The number of benzene rings is 1. The van der Waals surface area contributed by atoms with E-state index in [0.29, 0.717) is 12.1 Å². The molecular formula is C15H13BrN4O. The molecule has 0 amide bonds. The summed E-state index contributed by atoms with van der Waals surface area (Å²) in [6.07, 6.45) is 5.61. The van der Waals surface area contributed by atoms with Gasteiger partial charge in [-0.15, -0.1) is 0 Å². The largest absolute Gasteiger partial charge is 0.409 e. The Balaban J connectivity index is 2.02. The van der Waals surface area contributed by atoms with Gasteiger partial charge in [-0.1, -0.05) is 17.3 Å². The topological polar surface area (TPSA) is 76.4 Å². The van der Waals surface area contributed by atoms with Crippen LogP contribution in [0.15, 0.2) is 58.6 Å². The lowest BCUT2D eigenvalue weighted by molar-refractivity contribution is 0.318. The van der Waals surface area contributed by atoms with Crippen LogP contribution in [0.1, 0.15) is 11.1 Å². The SMILES string of the molecule is N/C(=N/O)c1ccc2ccn(Cc3cncc(Br)c3)c2c1. The average molecular weight is 345 g/mol. The molecule has 0 spiro atoms. The van der Waals surface area contributed by atoms with Crippen LogP contribution in [0.2, 0.25) is 0 Å². The molecule has 1 aromatic carbocycles. The number of fused-ring (bicyclic) bond motifs is 1. The van der Waals surface area contributed by atoms with E-state index in [4.69, 9.17) is 10.9 Å². The van der Waals surface area contributed by atoms with Crippen LogP contribution in [0.5, 0.6) is 0 Å². The van der Waals surface area contributed by atoms with Crippen LogP contribution in [-0.2, 0) is 6.54 Å². The van der Waals surface area contributed by atoms with Gasteiger partial charge in [0.1, 0.15) is 0 Å². The van der Waals surface area contributed by atoms with E-state index in [1.807, 2.05) is 42.7 Å². The number of rotatable bonds is 3. The molecule has 106 valence electrons. The molecule has 0 fully saturated rings. The molecule has 2 aromatic heterocycles. The molecule has 5 nitrogen and oxygen atoms in total. The molecular weight excluding hydrogens is 332 g/mol. The second-order valence-corrected chi connectivity index (χ2v) is 5.63. The summed E-state index contributed by atoms with van der Waals surface area (Å²) < 4.78 is 3.06. The Bertz CT molecular complexity index is 825. The van der Waals surface area contributed by atoms with E-state index in [1.165, 1.54) is 0 Å². The molecule has 0 saturated heterocycles. The van der Waals surface area contributed by atoms with Gasteiger partial charge in [0.05, 0.1) is 0 Å². The van der Waals surface area contributed by atoms with Crippen molar-refractivity contribution in [3.63, 3.8) is 0 Å². The summed E-state index contributed by atoms with van der Waals surface area (Å²) in [6.45, 7) is 0.704. The highest BCUT2D eigenvalue weighted by Crippen LogP contribution is 2.20. The molecule has 3 aromatic rings. The van der Waals surface area contributed by atoms with Crippen LogP contribution in [0.4, 0.5) is 0 Å². The number of nitrogens with zero attached hydrogens (tertiary/aromatic N) is 3. The molecule has 2 heterocycles. The Kier molecular flexibility index (Phi) is 3.62. The van der Waals surface area contributed by atoms with Crippen LogP contribution in [-0.4, -0.2) is 20.6 Å². The molecule has 21 heavy (non-hydrogen) atoms. The molecule has 0 radical (unpaired) electrons. The minimum absolute atomic E-state index is 0.105. The van der Waals surface area contributed by atoms with Gasteiger partial charge < -0.3 is 15.5 Å². The molecule has 0 atom stereocenters. The Morgan fingerprint density at radius 1 is 1.29 bits per heavy atom. The van der Waals surface area contributed by atoms with E-state index < -0.39 is 0 Å². The van der Waals surface area contributed by atoms with Gasteiger partial charge in [-0.05, 0) is 45.1 Å². The maximum Gasteiger partial charge on any atom is 0.170 e. The van der Waals surface area contributed by atoms with Crippen molar-refractivity contribution in [3.8, 4) is 0 Å². The molecule has 0 aliphatic heterocycles. The van der Waals surface area contributed by atoms with Crippen molar-refractivity contribution >= 4 is 32.7 Å². The van der Waals surface area contributed by atoms with Crippen molar-refractivity contribution in [1.82, 2.24) is 9.55 Å². The minimum Gasteiger partial charge on any atom is -0.409 e. The highest BCUT2D eigenvalue weighted by atomic mass is 79.9. The molecule has 0 bridgehead atoms. The fourth-order valence-corrected chi connectivity index (χ4v) is 2.69. The van der Waals surface area contributed by atoms with Crippen LogP contribution in [0, 0.1) is 0 Å². The van der Waals surface area contributed by atoms with Gasteiger partial charge in [-0.3, -0.25) is 4.98 Å². The Morgan fingerprint density at radius 2 is 2.14 bits per heavy atom. The normalized spacial score (nSPS) is 12.0. The van der Waals surface area contributed by atoms with Gasteiger partial charge in [0.25, 0.3) is 0 Å². The number of oxime groups is 1.